The number of imidazole rings is 1. The van der Waals surface area contributed by atoms with Gasteiger partial charge in [0.1, 0.15) is 11.9 Å². The average Bonchev–Trinajstić information content (AvgIpc) is 3.32. The Hall–Kier alpha value is -3.33. The number of urea groups is 1. The number of para-hydroxylation sites is 3. The fraction of sp³-hybridized carbons (Fsp3) is 0.273. The van der Waals surface area contributed by atoms with Crippen LogP contribution in [0.3, 0.4) is 0 Å². The maximum atomic E-state index is 12.8. The quantitative estimate of drug-likeness (QED) is 0.470. The molecule has 2 aromatic carbocycles. The Labute approximate surface area is 183 Å². The van der Waals surface area contributed by atoms with Crippen LogP contribution in [0.1, 0.15) is 24.7 Å². The molecule has 0 aliphatic carbocycles. The van der Waals surface area contributed by atoms with Crippen LogP contribution in [0.15, 0.2) is 54.6 Å². The van der Waals surface area contributed by atoms with Gasteiger partial charge in [-0.1, -0.05) is 30.3 Å². The molecule has 1 aliphatic rings. The number of benzene rings is 2. The maximum absolute atomic E-state index is 12.8. The number of nitrogens with zero attached hydrogens (tertiary/aromatic N) is 2. The zero-order chi connectivity index (χ0) is 21.8. The summed E-state index contributed by atoms with van der Waals surface area (Å²) in [6.07, 6.45) is 2.56. The van der Waals surface area contributed by atoms with Gasteiger partial charge in [0.2, 0.25) is 5.91 Å². The molecule has 8 nitrogen and oxygen atoms in total. The van der Waals surface area contributed by atoms with Crippen LogP contribution in [0.4, 0.5) is 10.5 Å². The average molecular weight is 438 g/mol. The number of nitrogens with one attached hydrogen (secondary N) is 3. The van der Waals surface area contributed by atoms with Crippen molar-refractivity contribution in [1.82, 2.24) is 20.6 Å². The smallest absolute Gasteiger partial charge is 0.329 e. The van der Waals surface area contributed by atoms with Gasteiger partial charge in [-0.3, -0.25) is 9.59 Å². The third-order valence-corrected chi connectivity index (χ3v) is 5.75. The first-order valence-electron chi connectivity index (χ1n) is 9.99. The fourth-order valence-corrected chi connectivity index (χ4v) is 4.05. The highest BCUT2D eigenvalue weighted by molar-refractivity contribution is 7.98. The predicted molar refractivity (Wildman–Crippen MR) is 121 cm³/mol. The van der Waals surface area contributed by atoms with Gasteiger partial charge in [0, 0.05) is 0 Å². The molecule has 1 fully saturated rings. The Morgan fingerprint density at radius 3 is 2.65 bits per heavy atom. The van der Waals surface area contributed by atoms with Crippen molar-refractivity contribution < 1.29 is 14.4 Å². The summed E-state index contributed by atoms with van der Waals surface area (Å²) in [6, 6.07) is 14.6. The number of amides is 4. The molecule has 0 saturated carbocycles. The van der Waals surface area contributed by atoms with Crippen molar-refractivity contribution in [1.29, 1.82) is 0 Å². The number of thioether (sulfide) groups is 1. The van der Waals surface area contributed by atoms with Gasteiger partial charge in [0.05, 0.1) is 29.2 Å². The summed E-state index contributed by atoms with van der Waals surface area (Å²) >= 11 is 1.68. The molecule has 31 heavy (non-hydrogen) atoms. The van der Waals surface area contributed by atoms with Crippen LogP contribution < -0.4 is 15.5 Å². The van der Waals surface area contributed by atoms with E-state index in [0.717, 1.165) is 21.7 Å². The zero-order valence-corrected chi connectivity index (χ0v) is 17.8. The molecule has 4 rings (SSSR count). The molecular weight excluding hydrogens is 414 g/mol. The number of carbonyl (C=O) groups excluding carboxylic acids is 3. The molecule has 9 heteroatoms. The van der Waals surface area contributed by atoms with Gasteiger partial charge in [-0.2, -0.15) is 11.8 Å². The lowest BCUT2D eigenvalue weighted by molar-refractivity contribution is -0.126. The van der Waals surface area contributed by atoms with E-state index in [2.05, 4.69) is 20.6 Å². The van der Waals surface area contributed by atoms with Crippen molar-refractivity contribution in [2.45, 2.75) is 24.9 Å². The van der Waals surface area contributed by atoms with Gasteiger partial charge < -0.3 is 15.6 Å². The SMILES string of the molecule is CSCC[C@H](NC(=O)C[C@@H]1NC(=O)N(c2ccccc2)C1=O)c1nc2ccccc2[nH]1. The first-order chi connectivity index (χ1) is 15.1. The van der Waals surface area contributed by atoms with Crippen molar-refractivity contribution in [3.63, 3.8) is 0 Å². The van der Waals surface area contributed by atoms with Crippen molar-refractivity contribution in [3.05, 3.63) is 60.4 Å². The van der Waals surface area contributed by atoms with Crippen molar-refractivity contribution in [3.8, 4) is 0 Å². The lowest BCUT2D eigenvalue weighted by Crippen LogP contribution is -2.38. The molecule has 3 N–H and O–H groups in total. The molecule has 1 aliphatic heterocycles. The van der Waals surface area contributed by atoms with E-state index in [4.69, 9.17) is 0 Å². The number of aromatic amines is 1. The molecule has 3 aromatic rings. The minimum atomic E-state index is -0.899. The molecule has 1 aromatic heterocycles. The fourth-order valence-electron chi connectivity index (χ4n) is 3.58. The van der Waals surface area contributed by atoms with Crippen LogP contribution in [-0.4, -0.2) is 45.9 Å². The minimum absolute atomic E-state index is 0.135. The summed E-state index contributed by atoms with van der Waals surface area (Å²) in [5, 5.41) is 5.59. The normalized spacial score (nSPS) is 17.1. The Balaban J connectivity index is 1.45. The van der Waals surface area contributed by atoms with Crippen LogP contribution >= 0.6 is 11.8 Å². The second kappa shape index (κ2) is 9.22. The molecule has 0 radical (unpaired) electrons. The van der Waals surface area contributed by atoms with Crippen molar-refractivity contribution in [2.24, 2.45) is 0 Å². The standard InChI is InChI=1S/C22H23N5O3S/c1-31-12-11-17(20-24-15-9-5-6-10-16(15)25-20)23-19(28)13-18-21(29)27(22(30)26-18)14-7-3-2-4-8-14/h2-10,17-18H,11-13H2,1H3,(H,23,28)(H,24,25)(H,26,30)/t17-,18-/m0/s1. The van der Waals surface area contributed by atoms with Gasteiger partial charge in [0.15, 0.2) is 0 Å². The minimum Gasteiger partial charge on any atom is -0.346 e. The molecule has 0 spiro atoms. The number of hydrogen-bond acceptors (Lipinski definition) is 5. The largest absolute Gasteiger partial charge is 0.346 e. The van der Waals surface area contributed by atoms with Crippen LogP contribution in [0.25, 0.3) is 11.0 Å². The van der Waals surface area contributed by atoms with Crippen LogP contribution in [0.2, 0.25) is 0 Å². The molecule has 4 amide bonds. The predicted octanol–water partition coefficient (Wildman–Crippen LogP) is 2.99. The third kappa shape index (κ3) is 4.56. The van der Waals surface area contributed by atoms with Crippen LogP contribution in [0.5, 0.6) is 0 Å². The number of fused-ring (bicyclic) bond motifs is 1. The Kier molecular flexibility index (Phi) is 6.22. The Morgan fingerprint density at radius 1 is 1.16 bits per heavy atom. The second-order valence-electron chi connectivity index (χ2n) is 7.26. The van der Waals surface area contributed by atoms with Gasteiger partial charge >= 0.3 is 6.03 Å². The Bertz CT molecular complexity index is 1070. The molecule has 160 valence electrons. The molecule has 2 atom stereocenters. The number of rotatable bonds is 8. The summed E-state index contributed by atoms with van der Waals surface area (Å²) in [5.41, 5.74) is 2.21. The van der Waals surface area contributed by atoms with Crippen LogP contribution in [0, 0.1) is 0 Å². The highest BCUT2D eigenvalue weighted by Gasteiger charge is 2.40. The third-order valence-electron chi connectivity index (χ3n) is 5.11. The lowest BCUT2D eigenvalue weighted by atomic mass is 10.1. The zero-order valence-electron chi connectivity index (χ0n) is 17.0. The Morgan fingerprint density at radius 2 is 1.90 bits per heavy atom. The van der Waals surface area contributed by atoms with Crippen molar-refractivity contribution in [2.75, 3.05) is 16.9 Å². The lowest BCUT2D eigenvalue weighted by Gasteiger charge is -2.17. The maximum Gasteiger partial charge on any atom is 0.329 e. The van der Waals surface area contributed by atoms with E-state index < -0.39 is 18.0 Å². The molecule has 1 saturated heterocycles. The highest BCUT2D eigenvalue weighted by Crippen LogP contribution is 2.22. The van der Waals surface area contributed by atoms with E-state index in [9.17, 15) is 14.4 Å². The highest BCUT2D eigenvalue weighted by atomic mass is 32.2. The van der Waals surface area contributed by atoms with E-state index in [-0.39, 0.29) is 18.4 Å². The van der Waals surface area contributed by atoms with E-state index >= 15 is 0 Å². The summed E-state index contributed by atoms with van der Waals surface area (Å²) in [5.74, 6) is 0.759. The molecule has 2 heterocycles. The monoisotopic (exact) mass is 437 g/mol. The number of carbonyl (C=O) groups is 3. The van der Waals surface area contributed by atoms with Crippen LogP contribution in [-0.2, 0) is 9.59 Å². The number of aromatic nitrogens is 2. The summed E-state index contributed by atoms with van der Waals surface area (Å²) in [7, 11) is 0. The van der Waals surface area contributed by atoms with Gasteiger partial charge in [-0.15, -0.1) is 0 Å². The van der Waals surface area contributed by atoms with E-state index in [1.807, 2.05) is 30.5 Å². The van der Waals surface area contributed by atoms with Crippen molar-refractivity contribution >= 4 is 46.3 Å². The summed E-state index contributed by atoms with van der Waals surface area (Å²) in [6.45, 7) is 0. The van der Waals surface area contributed by atoms with E-state index in [0.29, 0.717) is 17.9 Å². The van der Waals surface area contributed by atoms with Gasteiger partial charge in [-0.05, 0) is 42.7 Å². The van der Waals surface area contributed by atoms with Gasteiger partial charge in [0.25, 0.3) is 5.91 Å². The summed E-state index contributed by atoms with van der Waals surface area (Å²) < 4.78 is 0. The van der Waals surface area contributed by atoms with Gasteiger partial charge in [-0.25, -0.2) is 14.7 Å². The molecular formula is C22H23N5O3S. The number of anilines is 1. The first kappa shape index (κ1) is 20.9. The number of H-pyrrole nitrogens is 1. The molecule has 0 unspecified atom stereocenters. The number of hydrogen-bond donors (Lipinski definition) is 3. The first-order valence-corrected chi connectivity index (χ1v) is 11.4. The molecule has 0 bridgehead atoms. The topological polar surface area (TPSA) is 107 Å². The number of imide groups is 1. The summed E-state index contributed by atoms with van der Waals surface area (Å²) in [4.78, 5) is 46.8. The second-order valence-corrected chi connectivity index (χ2v) is 8.24. The van der Waals surface area contributed by atoms with E-state index in [1.54, 1.807) is 42.1 Å². The van der Waals surface area contributed by atoms with E-state index in [1.165, 1.54) is 0 Å².